The third kappa shape index (κ3) is 8.57. The van der Waals surface area contributed by atoms with Crippen LogP contribution in [0, 0.1) is 0 Å². The van der Waals surface area contributed by atoms with Crippen molar-refractivity contribution < 1.29 is 37.1 Å². The molecule has 0 bridgehead atoms. The predicted octanol–water partition coefficient (Wildman–Crippen LogP) is 4.63. The van der Waals surface area contributed by atoms with Crippen molar-refractivity contribution in [3.8, 4) is 5.75 Å². The number of rotatable bonds is 11. The Balaban J connectivity index is 1.51. The van der Waals surface area contributed by atoms with Crippen LogP contribution in [0.1, 0.15) is 40.7 Å². The number of fused-ring (bicyclic) bond motifs is 1. The number of alkyl halides is 3. The maximum absolute atomic E-state index is 13.6. The van der Waals surface area contributed by atoms with Crippen LogP contribution in [0.15, 0.2) is 72.8 Å². The zero-order valence-corrected chi connectivity index (χ0v) is 24.2. The lowest BCUT2D eigenvalue weighted by Gasteiger charge is -2.36. The molecule has 0 saturated heterocycles. The van der Waals surface area contributed by atoms with E-state index in [1.165, 1.54) is 11.0 Å². The first kappa shape index (κ1) is 32.5. The van der Waals surface area contributed by atoms with Crippen LogP contribution < -0.4 is 21.1 Å². The summed E-state index contributed by atoms with van der Waals surface area (Å²) >= 11 is 5.81. The molecule has 1 heterocycles. The first-order valence-corrected chi connectivity index (χ1v) is 14.1. The fourth-order valence-corrected chi connectivity index (χ4v) is 5.05. The smallest absolute Gasteiger partial charge is 0.404 e. The van der Waals surface area contributed by atoms with E-state index >= 15 is 0 Å². The highest BCUT2D eigenvalue weighted by Crippen LogP contribution is 2.33. The summed E-state index contributed by atoms with van der Waals surface area (Å²) in [6.07, 6.45) is -5.14. The average molecular weight is 631 g/mol. The van der Waals surface area contributed by atoms with Gasteiger partial charge in [-0.1, -0.05) is 66.2 Å². The summed E-state index contributed by atoms with van der Waals surface area (Å²) < 4.78 is 42.8. The van der Waals surface area contributed by atoms with E-state index in [-0.39, 0.29) is 55.3 Å². The van der Waals surface area contributed by atoms with E-state index in [0.29, 0.717) is 5.56 Å². The van der Waals surface area contributed by atoms with Gasteiger partial charge >= 0.3 is 6.36 Å². The molecule has 4 N–H and O–H groups in total. The number of amides is 3. The molecule has 44 heavy (non-hydrogen) atoms. The van der Waals surface area contributed by atoms with Crippen molar-refractivity contribution in [3.63, 3.8) is 0 Å². The lowest BCUT2D eigenvalue weighted by atomic mass is 9.92. The number of hydrogen-bond donors (Lipinski definition) is 3. The second kappa shape index (κ2) is 14.4. The number of ether oxygens (including phenoxy) is 1. The van der Waals surface area contributed by atoms with Crippen LogP contribution >= 0.6 is 11.6 Å². The van der Waals surface area contributed by atoms with Crippen molar-refractivity contribution in [3.05, 3.63) is 94.5 Å². The average Bonchev–Trinajstić information content (AvgIpc) is 2.99. The number of carbonyl (C=O) groups is 4. The van der Waals surface area contributed by atoms with E-state index in [1.54, 1.807) is 36.4 Å². The van der Waals surface area contributed by atoms with E-state index in [0.717, 1.165) is 23.3 Å². The monoisotopic (exact) mass is 630 g/mol. The van der Waals surface area contributed by atoms with E-state index in [9.17, 15) is 32.3 Å². The van der Waals surface area contributed by atoms with Crippen LogP contribution in [0.5, 0.6) is 5.75 Å². The van der Waals surface area contributed by atoms with Gasteiger partial charge < -0.3 is 26.0 Å². The number of hydrogen-bond acceptors (Lipinski definition) is 6. The van der Waals surface area contributed by atoms with Crippen molar-refractivity contribution in [2.75, 3.05) is 11.9 Å². The number of Topliss-reactive ketones (excluding diaryl/α,β-unsaturated/α-hetero) is 1. The van der Waals surface area contributed by atoms with Crippen molar-refractivity contribution in [2.45, 2.75) is 50.7 Å². The summed E-state index contributed by atoms with van der Waals surface area (Å²) in [5, 5.41) is 4.90. The molecule has 0 aliphatic carbocycles. The topological polar surface area (TPSA) is 131 Å². The second-order valence-electron chi connectivity index (χ2n) is 10.1. The van der Waals surface area contributed by atoms with Gasteiger partial charge in [0.15, 0.2) is 11.5 Å². The van der Waals surface area contributed by atoms with Crippen molar-refractivity contribution in [2.24, 2.45) is 5.73 Å². The lowest BCUT2D eigenvalue weighted by molar-refractivity contribution is -0.274. The summed E-state index contributed by atoms with van der Waals surface area (Å²) in [5.41, 5.74) is 7.52. The fourth-order valence-electron chi connectivity index (χ4n) is 4.88. The van der Waals surface area contributed by atoms with E-state index in [1.807, 2.05) is 18.2 Å². The molecule has 0 saturated carbocycles. The summed E-state index contributed by atoms with van der Waals surface area (Å²) in [4.78, 5) is 54.2. The quantitative estimate of drug-likeness (QED) is 0.265. The summed E-state index contributed by atoms with van der Waals surface area (Å²) in [7, 11) is 0. The molecular formula is C31H30ClF3N4O5. The Labute approximate surface area is 256 Å². The molecule has 3 aromatic rings. The van der Waals surface area contributed by atoms with Gasteiger partial charge in [0.25, 0.3) is 0 Å². The number of anilines is 1. The van der Waals surface area contributed by atoms with E-state index in [4.69, 9.17) is 17.3 Å². The summed E-state index contributed by atoms with van der Waals surface area (Å²) in [6, 6.07) is 16.9. The Morgan fingerprint density at radius 3 is 2.34 bits per heavy atom. The van der Waals surface area contributed by atoms with Gasteiger partial charge in [0, 0.05) is 42.5 Å². The van der Waals surface area contributed by atoms with E-state index in [2.05, 4.69) is 15.4 Å². The molecule has 0 unspecified atom stereocenters. The van der Waals surface area contributed by atoms with Gasteiger partial charge in [-0.3, -0.25) is 19.2 Å². The Hall–Kier alpha value is -4.42. The molecule has 0 radical (unpaired) electrons. The predicted molar refractivity (Wildman–Crippen MR) is 157 cm³/mol. The largest absolute Gasteiger partial charge is 0.573 e. The molecular weight excluding hydrogens is 601 g/mol. The molecule has 13 heteroatoms. The molecule has 4 rings (SSSR count). The Morgan fingerprint density at radius 2 is 1.66 bits per heavy atom. The van der Waals surface area contributed by atoms with Gasteiger partial charge in [-0.2, -0.15) is 0 Å². The number of benzene rings is 3. The molecule has 0 fully saturated rings. The second-order valence-corrected chi connectivity index (χ2v) is 10.6. The normalized spacial score (nSPS) is 15.1. The molecule has 0 aromatic heterocycles. The van der Waals surface area contributed by atoms with Crippen LogP contribution in [-0.4, -0.2) is 53.4 Å². The van der Waals surface area contributed by atoms with Gasteiger partial charge in [0.05, 0.1) is 5.69 Å². The SMILES string of the molecule is NCC[C@H](NC(=O)[C@@H]1Cc2ccccc2CN1C(=O)CCC(=O)c1ccccc1)C(=O)Nc1ccc(Cl)cc1OC(F)(F)F. The van der Waals surface area contributed by atoms with Gasteiger partial charge in [0.2, 0.25) is 17.7 Å². The standard InChI is InChI=1S/C31H30ClF3N4O5/c32-22-10-11-23(27(17-22)44-31(33,34)35)37-29(42)24(14-15-36)38-30(43)25-16-20-8-4-5-9-21(20)18-39(25)28(41)13-12-26(40)19-6-2-1-3-7-19/h1-11,17,24-25H,12-16,18,36H2,(H,37,42)(H,38,43)/t24-,25-/m0/s1. The molecule has 9 nitrogen and oxygen atoms in total. The number of nitrogens with zero attached hydrogens (tertiary/aromatic N) is 1. The molecule has 0 spiro atoms. The first-order valence-electron chi connectivity index (χ1n) is 13.8. The minimum atomic E-state index is -5.05. The van der Waals surface area contributed by atoms with Crippen LogP contribution in [-0.2, 0) is 27.3 Å². The van der Waals surface area contributed by atoms with Crippen LogP contribution in [0.3, 0.4) is 0 Å². The number of nitrogens with one attached hydrogen (secondary N) is 2. The van der Waals surface area contributed by atoms with Gasteiger partial charge in [-0.25, -0.2) is 0 Å². The minimum Gasteiger partial charge on any atom is -0.404 e. The fraction of sp³-hybridized carbons (Fsp3) is 0.290. The third-order valence-electron chi connectivity index (χ3n) is 7.05. The highest BCUT2D eigenvalue weighted by atomic mass is 35.5. The molecule has 232 valence electrons. The number of halogens is 4. The van der Waals surface area contributed by atoms with Crippen LogP contribution in [0.4, 0.5) is 18.9 Å². The first-order chi connectivity index (χ1) is 20.9. The van der Waals surface area contributed by atoms with Crippen molar-refractivity contribution in [1.82, 2.24) is 10.2 Å². The maximum atomic E-state index is 13.6. The molecule has 1 aliphatic rings. The number of nitrogens with two attached hydrogens (primary N) is 1. The molecule has 3 amide bonds. The van der Waals surface area contributed by atoms with E-state index < -0.39 is 41.9 Å². The Morgan fingerprint density at radius 1 is 0.977 bits per heavy atom. The molecule has 3 aromatic carbocycles. The van der Waals surface area contributed by atoms with Crippen LogP contribution in [0.25, 0.3) is 0 Å². The summed E-state index contributed by atoms with van der Waals surface area (Å²) in [5.74, 6) is -2.87. The Kier molecular flexibility index (Phi) is 10.6. The molecule has 2 atom stereocenters. The number of ketones is 1. The highest BCUT2D eigenvalue weighted by Gasteiger charge is 2.37. The van der Waals surface area contributed by atoms with Crippen molar-refractivity contribution >= 4 is 40.8 Å². The van der Waals surface area contributed by atoms with Crippen molar-refractivity contribution in [1.29, 1.82) is 0 Å². The van der Waals surface area contributed by atoms with Gasteiger partial charge in [-0.05, 0) is 36.2 Å². The summed E-state index contributed by atoms with van der Waals surface area (Å²) in [6.45, 7) is 0.0753. The maximum Gasteiger partial charge on any atom is 0.573 e. The van der Waals surface area contributed by atoms with Gasteiger partial charge in [-0.15, -0.1) is 13.2 Å². The third-order valence-corrected chi connectivity index (χ3v) is 7.28. The van der Waals surface area contributed by atoms with Gasteiger partial charge in [0.1, 0.15) is 12.1 Å². The zero-order chi connectivity index (χ0) is 31.9. The lowest BCUT2D eigenvalue weighted by Crippen LogP contribution is -2.56. The highest BCUT2D eigenvalue weighted by molar-refractivity contribution is 6.30. The minimum absolute atomic E-state index is 0.0391. The number of carbonyl (C=O) groups excluding carboxylic acids is 4. The molecule has 1 aliphatic heterocycles. The van der Waals surface area contributed by atoms with Crippen LogP contribution in [0.2, 0.25) is 5.02 Å². The zero-order valence-electron chi connectivity index (χ0n) is 23.4. The Bertz CT molecular complexity index is 1520.